The lowest BCUT2D eigenvalue weighted by molar-refractivity contribution is -0.122. The molecule has 1 unspecified atom stereocenters. The fourth-order valence-electron chi connectivity index (χ4n) is 2.78. The fraction of sp³-hybridized carbons (Fsp3) is 0.579. The van der Waals surface area contributed by atoms with E-state index in [9.17, 15) is 9.59 Å². The Balaban J connectivity index is 1.90. The summed E-state index contributed by atoms with van der Waals surface area (Å²) in [7, 11) is 4.05. The molecule has 1 aromatic rings. The Morgan fingerprint density at radius 3 is 2.46 bits per heavy atom. The van der Waals surface area contributed by atoms with Crippen molar-refractivity contribution in [3.8, 4) is 0 Å². The molecule has 0 saturated heterocycles. The van der Waals surface area contributed by atoms with Gasteiger partial charge in [-0.05, 0) is 63.5 Å². The van der Waals surface area contributed by atoms with Gasteiger partial charge in [0, 0.05) is 29.8 Å². The number of ketones is 1. The van der Waals surface area contributed by atoms with Gasteiger partial charge in [0.2, 0.25) is 5.91 Å². The highest BCUT2D eigenvalue weighted by Gasteiger charge is 2.31. The normalized spacial score (nSPS) is 15.3. The van der Waals surface area contributed by atoms with Crippen LogP contribution in [-0.2, 0) is 9.59 Å². The quantitative estimate of drug-likeness (QED) is 0.618. The minimum atomic E-state index is -0.0277. The molecule has 1 saturated carbocycles. The molecular weight excluding hydrogens is 368 g/mol. The van der Waals surface area contributed by atoms with Crippen LogP contribution in [0, 0.1) is 5.92 Å². The monoisotopic (exact) mass is 394 g/mol. The van der Waals surface area contributed by atoms with Crippen molar-refractivity contribution in [2.45, 2.75) is 38.0 Å². The van der Waals surface area contributed by atoms with E-state index in [-0.39, 0.29) is 17.7 Å². The highest BCUT2D eigenvalue weighted by atomic mass is 79.9. The number of nitrogens with one attached hydrogen (secondary N) is 1. The summed E-state index contributed by atoms with van der Waals surface area (Å²) in [5.41, 5.74) is 1.07. The van der Waals surface area contributed by atoms with E-state index in [4.69, 9.17) is 0 Å². The number of amides is 1. The Morgan fingerprint density at radius 2 is 1.88 bits per heavy atom. The van der Waals surface area contributed by atoms with Crippen LogP contribution in [0.25, 0.3) is 0 Å². The van der Waals surface area contributed by atoms with Crippen LogP contribution in [0.2, 0.25) is 0 Å². The number of carbonyl (C=O) groups excluding carboxylic acids is 2. The Morgan fingerprint density at radius 1 is 1.21 bits per heavy atom. The van der Waals surface area contributed by atoms with Gasteiger partial charge in [0.1, 0.15) is 5.78 Å². The third-order valence-electron chi connectivity index (χ3n) is 4.36. The summed E-state index contributed by atoms with van der Waals surface area (Å²) in [5.74, 6) is 0.555. The molecule has 0 aromatic heterocycles. The van der Waals surface area contributed by atoms with Gasteiger partial charge in [0.25, 0.3) is 0 Å². The van der Waals surface area contributed by atoms with E-state index in [0.29, 0.717) is 25.2 Å². The number of rotatable bonds is 10. The van der Waals surface area contributed by atoms with Gasteiger partial charge in [0.05, 0.1) is 0 Å². The van der Waals surface area contributed by atoms with Gasteiger partial charge < -0.3 is 10.2 Å². The predicted molar refractivity (Wildman–Crippen MR) is 100 cm³/mol. The van der Waals surface area contributed by atoms with Crippen LogP contribution >= 0.6 is 15.9 Å². The van der Waals surface area contributed by atoms with Crippen molar-refractivity contribution in [1.82, 2.24) is 10.2 Å². The zero-order chi connectivity index (χ0) is 17.5. The van der Waals surface area contributed by atoms with Gasteiger partial charge in [-0.3, -0.25) is 9.59 Å². The topological polar surface area (TPSA) is 49.4 Å². The Bertz CT molecular complexity index is 553. The Hall–Kier alpha value is -1.20. The smallest absolute Gasteiger partial charge is 0.220 e. The lowest BCUT2D eigenvalue weighted by atomic mass is 9.89. The predicted octanol–water partition coefficient (Wildman–Crippen LogP) is 3.36. The number of hydrogen-bond acceptors (Lipinski definition) is 3. The van der Waals surface area contributed by atoms with Crippen molar-refractivity contribution in [2.75, 3.05) is 27.2 Å². The van der Waals surface area contributed by atoms with E-state index in [2.05, 4.69) is 26.1 Å². The lowest BCUT2D eigenvalue weighted by Crippen LogP contribution is -2.28. The molecule has 1 fully saturated rings. The second-order valence-corrected chi connectivity index (χ2v) is 7.82. The molecule has 4 nitrogen and oxygen atoms in total. The molecule has 1 N–H and O–H groups in total. The number of hydrogen-bond donors (Lipinski definition) is 1. The molecule has 1 aromatic carbocycles. The lowest BCUT2D eigenvalue weighted by Gasteiger charge is -2.17. The average molecular weight is 395 g/mol. The van der Waals surface area contributed by atoms with E-state index in [1.807, 2.05) is 38.4 Å². The zero-order valence-electron chi connectivity index (χ0n) is 14.6. The second kappa shape index (κ2) is 9.33. The van der Waals surface area contributed by atoms with Crippen LogP contribution in [0.3, 0.4) is 0 Å². The Kier molecular flexibility index (Phi) is 7.43. The van der Waals surface area contributed by atoms with E-state index in [1.54, 1.807) is 0 Å². The minimum absolute atomic E-state index is 0.0277. The molecule has 24 heavy (non-hydrogen) atoms. The summed E-state index contributed by atoms with van der Waals surface area (Å²) in [4.78, 5) is 26.6. The average Bonchev–Trinajstić information content (AvgIpc) is 3.36. The van der Waals surface area contributed by atoms with E-state index >= 15 is 0 Å². The van der Waals surface area contributed by atoms with Gasteiger partial charge in [-0.25, -0.2) is 0 Å². The summed E-state index contributed by atoms with van der Waals surface area (Å²) >= 11 is 3.43. The fourth-order valence-corrected chi connectivity index (χ4v) is 3.04. The first-order chi connectivity index (χ1) is 11.5. The van der Waals surface area contributed by atoms with E-state index in [0.717, 1.165) is 35.8 Å². The Labute approximate surface area is 153 Å². The molecule has 0 aliphatic heterocycles. The standard InChI is InChI=1S/C19H27BrN2O2/c1-22(2)11-3-10-21-19(24)13-16(12-18(23)15-4-5-15)14-6-8-17(20)9-7-14/h6-9,15-16H,3-5,10-13H2,1-2H3,(H,21,24). The summed E-state index contributed by atoms with van der Waals surface area (Å²) in [6.45, 7) is 1.64. The molecule has 0 bridgehead atoms. The van der Waals surface area contributed by atoms with Crippen LogP contribution in [0.15, 0.2) is 28.7 Å². The first kappa shape index (κ1) is 19.1. The molecule has 0 heterocycles. The molecule has 0 radical (unpaired) electrons. The van der Waals surface area contributed by atoms with Crippen molar-refractivity contribution >= 4 is 27.6 Å². The number of Topliss-reactive ketones (excluding diaryl/α,β-unsaturated/α-hetero) is 1. The first-order valence-corrected chi connectivity index (χ1v) is 9.44. The van der Waals surface area contributed by atoms with Gasteiger partial charge in [0.15, 0.2) is 0 Å². The second-order valence-electron chi connectivity index (χ2n) is 6.90. The maximum Gasteiger partial charge on any atom is 0.220 e. The highest BCUT2D eigenvalue weighted by Crippen LogP contribution is 2.35. The number of carbonyl (C=O) groups is 2. The van der Waals surface area contributed by atoms with Gasteiger partial charge in [-0.15, -0.1) is 0 Å². The summed E-state index contributed by atoms with van der Waals surface area (Å²) in [5, 5.41) is 2.98. The summed E-state index contributed by atoms with van der Waals surface area (Å²) in [6.07, 6.45) is 3.81. The number of nitrogens with zero attached hydrogens (tertiary/aromatic N) is 1. The summed E-state index contributed by atoms with van der Waals surface area (Å²) < 4.78 is 1.01. The van der Waals surface area contributed by atoms with E-state index < -0.39 is 0 Å². The van der Waals surface area contributed by atoms with Gasteiger partial charge in [-0.2, -0.15) is 0 Å². The number of halogens is 1. The highest BCUT2D eigenvalue weighted by molar-refractivity contribution is 9.10. The van der Waals surface area contributed by atoms with Crippen molar-refractivity contribution in [3.63, 3.8) is 0 Å². The van der Waals surface area contributed by atoms with Crippen LogP contribution in [-0.4, -0.2) is 43.8 Å². The molecule has 1 aliphatic carbocycles. The molecular formula is C19H27BrN2O2. The molecule has 1 aliphatic rings. The SMILES string of the molecule is CN(C)CCCNC(=O)CC(CC(=O)C1CC1)c1ccc(Br)cc1. The van der Waals surface area contributed by atoms with Crippen molar-refractivity contribution in [3.05, 3.63) is 34.3 Å². The minimum Gasteiger partial charge on any atom is -0.356 e. The van der Waals surface area contributed by atoms with Crippen LogP contribution in [0.1, 0.15) is 43.6 Å². The molecule has 1 amide bonds. The largest absolute Gasteiger partial charge is 0.356 e. The summed E-state index contributed by atoms with van der Waals surface area (Å²) in [6, 6.07) is 7.96. The van der Waals surface area contributed by atoms with E-state index in [1.165, 1.54) is 0 Å². The van der Waals surface area contributed by atoms with Crippen molar-refractivity contribution in [1.29, 1.82) is 0 Å². The maximum atomic E-state index is 12.3. The maximum absolute atomic E-state index is 12.3. The zero-order valence-corrected chi connectivity index (χ0v) is 16.1. The van der Waals surface area contributed by atoms with Gasteiger partial charge in [-0.1, -0.05) is 28.1 Å². The van der Waals surface area contributed by atoms with Crippen LogP contribution < -0.4 is 5.32 Å². The molecule has 0 spiro atoms. The molecule has 5 heteroatoms. The molecule has 132 valence electrons. The first-order valence-electron chi connectivity index (χ1n) is 8.65. The van der Waals surface area contributed by atoms with Crippen LogP contribution in [0.5, 0.6) is 0 Å². The molecule has 2 rings (SSSR count). The third kappa shape index (κ3) is 6.73. The molecule has 1 atom stereocenters. The number of benzene rings is 1. The van der Waals surface area contributed by atoms with Crippen molar-refractivity contribution < 1.29 is 9.59 Å². The van der Waals surface area contributed by atoms with Crippen LogP contribution in [0.4, 0.5) is 0 Å². The third-order valence-corrected chi connectivity index (χ3v) is 4.89. The van der Waals surface area contributed by atoms with Gasteiger partial charge >= 0.3 is 0 Å². The van der Waals surface area contributed by atoms with Crippen molar-refractivity contribution in [2.24, 2.45) is 5.92 Å².